The average Bonchev–Trinajstić information content (AvgIpc) is 2.79. The lowest BCUT2D eigenvalue weighted by Gasteiger charge is -2.21. The first kappa shape index (κ1) is 17.6. The fourth-order valence-electron chi connectivity index (χ4n) is 1.65. The number of hydrogen-bond acceptors (Lipinski definition) is 2. The van der Waals surface area contributed by atoms with E-state index >= 15 is 0 Å². The third-order valence-corrected chi connectivity index (χ3v) is 3.24. The Balaban J connectivity index is 2.64. The molecule has 2 rings (SSSR count). The molecule has 0 aliphatic rings. The Kier molecular flexibility index (Phi) is 4.16. The van der Waals surface area contributed by atoms with Gasteiger partial charge in [0.25, 0.3) is 0 Å². The Labute approximate surface area is 130 Å². The molecule has 3 nitrogen and oxygen atoms in total. The van der Waals surface area contributed by atoms with Crippen molar-refractivity contribution in [2.75, 3.05) is 0 Å². The molecular formula is C11H4BrF8N3. The number of hydrogen-bond donors (Lipinski definition) is 1. The Morgan fingerprint density at radius 1 is 1.00 bits per heavy atom. The lowest BCUT2D eigenvalue weighted by atomic mass is 10.1. The SMILES string of the molecule is FC(F)(F)c1[nH]c(-c2ncccc2C(F)(F)C(F)(F)F)nc1Br. The van der Waals surface area contributed by atoms with Gasteiger partial charge in [0.2, 0.25) is 0 Å². The minimum Gasteiger partial charge on any atom is -0.332 e. The second-order valence-corrected chi connectivity index (χ2v) is 4.97. The summed E-state index contributed by atoms with van der Waals surface area (Å²) >= 11 is 2.46. The van der Waals surface area contributed by atoms with Crippen molar-refractivity contribution in [2.45, 2.75) is 18.3 Å². The molecule has 0 unspecified atom stereocenters. The zero-order valence-corrected chi connectivity index (χ0v) is 12.1. The molecule has 2 aromatic rings. The molecule has 23 heavy (non-hydrogen) atoms. The number of nitrogens with zero attached hydrogens (tertiary/aromatic N) is 2. The van der Waals surface area contributed by atoms with Crippen molar-refractivity contribution in [3.05, 3.63) is 34.2 Å². The van der Waals surface area contributed by atoms with Crippen LogP contribution in [0.4, 0.5) is 35.1 Å². The zero-order chi connectivity index (χ0) is 17.6. The van der Waals surface area contributed by atoms with Crippen LogP contribution in [0.5, 0.6) is 0 Å². The van der Waals surface area contributed by atoms with Gasteiger partial charge in [0.05, 0.1) is 5.56 Å². The Morgan fingerprint density at radius 3 is 2.09 bits per heavy atom. The first-order chi connectivity index (χ1) is 10.4. The van der Waals surface area contributed by atoms with Crippen LogP contribution in [0.1, 0.15) is 11.3 Å². The van der Waals surface area contributed by atoms with Crippen molar-refractivity contribution < 1.29 is 35.1 Å². The van der Waals surface area contributed by atoms with E-state index in [-0.39, 0.29) is 0 Å². The normalized spacial score (nSPS) is 13.4. The van der Waals surface area contributed by atoms with E-state index < -0.39 is 45.7 Å². The van der Waals surface area contributed by atoms with Crippen molar-refractivity contribution in [1.82, 2.24) is 15.0 Å². The summed E-state index contributed by atoms with van der Waals surface area (Å²) in [5.41, 5.74) is -4.08. The van der Waals surface area contributed by atoms with Gasteiger partial charge in [-0.15, -0.1) is 0 Å². The summed E-state index contributed by atoms with van der Waals surface area (Å²) in [5.74, 6) is -6.18. The minimum absolute atomic E-state index is 0.416. The summed E-state index contributed by atoms with van der Waals surface area (Å²) in [4.78, 5) is 8.24. The van der Waals surface area contributed by atoms with Gasteiger partial charge < -0.3 is 4.98 Å². The summed E-state index contributed by atoms with van der Waals surface area (Å²) in [5, 5.41) is 0. The molecule has 1 N–H and O–H groups in total. The molecule has 2 aromatic heterocycles. The summed E-state index contributed by atoms with van der Waals surface area (Å²) in [6, 6.07) is 1.22. The Morgan fingerprint density at radius 2 is 1.61 bits per heavy atom. The Hall–Kier alpha value is -1.72. The van der Waals surface area contributed by atoms with Gasteiger partial charge >= 0.3 is 18.3 Å². The molecule has 0 radical (unpaired) electrons. The van der Waals surface area contributed by atoms with Crippen molar-refractivity contribution in [2.24, 2.45) is 0 Å². The quantitative estimate of drug-likeness (QED) is 0.716. The van der Waals surface area contributed by atoms with Crippen LogP contribution in [0, 0.1) is 0 Å². The van der Waals surface area contributed by atoms with Gasteiger partial charge in [-0.05, 0) is 28.1 Å². The molecule has 0 saturated carbocycles. The van der Waals surface area contributed by atoms with E-state index in [2.05, 4.69) is 25.9 Å². The van der Waals surface area contributed by atoms with E-state index in [0.717, 1.165) is 12.3 Å². The van der Waals surface area contributed by atoms with E-state index in [0.29, 0.717) is 6.07 Å². The number of H-pyrrole nitrogens is 1. The lowest BCUT2D eigenvalue weighted by Crippen LogP contribution is -2.34. The van der Waals surface area contributed by atoms with Crippen molar-refractivity contribution in [3.63, 3.8) is 0 Å². The maximum Gasteiger partial charge on any atom is 0.458 e. The predicted molar refractivity (Wildman–Crippen MR) is 64.5 cm³/mol. The van der Waals surface area contributed by atoms with Crippen LogP contribution < -0.4 is 0 Å². The largest absolute Gasteiger partial charge is 0.458 e. The fourth-order valence-corrected chi connectivity index (χ4v) is 2.15. The summed E-state index contributed by atoms with van der Waals surface area (Å²) in [6.07, 6.45) is -10.00. The van der Waals surface area contributed by atoms with Gasteiger partial charge in [-0.3, -0.25) is 4.98 Å². The maximum absolute atomic E-state index is 13.5. The maximum atomic E-state index is 13.5. The van der Waals surface area contributed by atoms with Crippen LogP contribution in [0.25, 0.3) is 11.5 Å². The number of pyridine rings is 1. The highest BCUT2D eigenvalue weighted by molar-refractivity contribution is 9.10. The second-order valence-electron chi connectivity index (χ2n) is 4.22. The van der Waals surface area contributed by atoms with E-state index in [1.54, 1.807) is 4.98 Å². The first-order valence-electron chi connectivity index (χ1n) is 5.59. The molecular weight excluding hydrogens is 406 g/mol. The summed E-state index contributed by atoms with van der Waals surface area (Å²) < 4.78 is 102. The molecule has 0 aliphatic carbocycles. The van der Waals surface area contributed by atoms with Crippen molar-refractivity contribution >= 4 is 15.9 Å². The molecule has 12 heteroatoms. The van der Waals surface area contributed by atoms with Crippen LogP contribution in [0.3, 0.4) is 0 Å². The number of nitrogens with one attached hydrogen (secondary N) is 1. The second kappa shape index (κ2) is 5.42. The monoisotopic (exact) mass is 409 g/mol. The van der Waals surface area contributed by atoms with E-state index in [4.69, 9.17) is 0 Å². The van der Waals surface area contributed by atoms with Crippen LogP contribution in [-0.2, 0) is 12.1 Å². The Bertz CT molecular complexity index is 719. The molecule has 0 spiro atoms. The number of aromatic nitrogens is 3. The molecule has 0 aromatic carbocycles. The standard InChI is InChI=1S/C11H4BrF8N3/c12-7-6(10(15,16)17)22-8(23-7)5-4(2-1-3-21-5)9(13,14)11(18,19)20/h1-3H,(H,22,23). The third-order valence-electron chi connectivity index (χ3n) is 2.67. The topological polar surface area (TPSA) is 41.6 Å². The molecule has 0 amide bonds. The van der Waals surface area contributed by atoms with E-state index in [1.807, 2.05) is 0 Å². The van der Waals surface area contributed by atoms with Gasteiger partial charge in [-0.2, -0.15) is 35.1 Å². The highest BCUT2D eigenvalue weighted by atomic mass is 79.9. The molecule has 0 bridgehead atoms. The van der Waals surface area contributed by atoms with E-state index in [1.165, 1.54) is 0 Å². The van der Waals surface area contributed by atoms with Gasteiger partial charge in [-0.1, -0.05) is 0 Å². The van der Waals surface area contributed by atoms with Crippen LogP contribution in [0.2, 0.25) is 0 Å². The summed E-state index contributed by atoms with van der Waals surface area (Å²) in [6.45, 7) is 0. The zero-order valence-electron chi connectivity index (χ0n) is 10.5. The molecule has 2 heterocycles. The smallest absolute Gasteiger partial charge is 0.332 e. The number of imidazole rings is 1. The lowest BCUT2D eigenvalue weighted by molar-refractivity contribution is -0.289. The number of halogens is 9. The summed E-state index contributed by atoms with van der Waals surface area (Å²) in [7, 11) is 0. The molecule has 0 aliphatic heterocycles. The van der Waals surface area contributed by atoms with E-state index in [9.17, 15) is 35.1 Å². The highest BCUT2D eigenvalue weighted by Gasteiger charge is 2.60. The first-order valence-corrected chi connectivity index (χ1v) is 6.38. The molecule has 0 saturated heterocycles. The van der Waals surface area contributed by atoms with Crippen molar-refractivity contribution in [3.8, 4) is 11.5 Å². The fraction of sp³-hybridized carbons (Fsp3) is 0.273. The number of alkyl halides is 8. The van der Waals surface area contributed by atoms with Gasteiger partial charge in [0.1, 0.15) is 10.3 Å². The van der Waals surface area contributed by atoms with Gasteiger partial charge in [-0.25, -0.2) is 4.98 Å². The molecule has 0 fully saturated rings. The van der Waals surface area contributed by atoms with Gasteiger partial charge in [0, 0.05) is 6.20 Å². The average molecular weight is 410 g/mol. The van der Waals surface area contributed by atoms with Gasteiger partial charge in [0.15, 0.2) is 11.5 Å². The molecule has 126 valence electrons. The van der Waals surface area contributed by atoms with Crippen LogP contribution in [0.15, 0.2) is 22.9 Å². The minimum atomic E-state index is -5.94. The number of aromatic amines is 1. The van der Waals surface area contributed by atoms with Crippen LogP contribution in [-0.4, -0.2) is 21.1 Å². The number of rotatable bonds is 2. The molecule has 0 atom stereocenters. The van der Waals surface area contributed by atoms with Crippen molar-refractivity contribution in [1.29, 1.82) is 0 Å². The van der Waals surface area contributed by atoms with Crippen LogP contribution >= 0.6 is 15.9 Å². The third kappa shape index (κ3) is 3.16. The predicted octanol–water partition coefficient (Wildman–Crippen LogP) is 4.91. The highest BCUT2D eigenvalue weighted by Crippen LogP contribution is 2.46.